The first kappa shape index (κ1) is 18.5. The molecule has 0 bridgehead atoms. The third kappa shape index (κ3) is 5.34. The summed E-state index contributed by atoms with van der Waals surface area (Å²) in [7, 11) is 0. The van der Waals surface area contributed by atoms with Crippen LogP contribution in [0.15, 0.2) is 24.3 Å². The van der Waals surface area contributed by atoms with Crippen LogP contribution in [0.1, 0.15) is 49.0 Å². The minimum Gasteiger partial charge on any atom is -0.460 e. The van der Waals surface area contributed by atoms with Crippen LogP contribution in [0.3, 0.4) is 0 Å². The summed E-state index contributed by atoms with van der Waals surface area (Å²) >= 11 is 0. The highest BCUT2D eigenvalue weighted by Gasteiger charge is 2.18. The van der Waals surface area contributed by atoms with Gasteiger partial charge in [0.25, 0.3) is 0 Å². The van der Waals surface area contributed by atoms with Gasteiger partial charge < -0.3 is 9.64 Å². The fourth-order valence-corrected chi connectivity index (χ4v) is 2.88. The molecule has 1 aromatic rings. The average molecular weight is 332 g/mol. The van der Waals surface area contributed by atoms with E-state index in [0.717, 1.165) is 39.0 Å². The smallest absolute Gasteiger partial charge is 0.338 e. The molecule has 1 aliphatic rings. The summed E-state index contributed by atoms with van der Waals surface area (Å²) in [5.41, 5.74) is 1.75. The highest BCUT2D eigenvalue weighted by Crippen LogP contribution is 2.11. The largest absolute Gasteiger partial charge is 0.460 e. The van der Waals surface area contributed by atoms with Crippen molar-refractivity contribution in [3.05, 3.63) is 35.4 Å². The van der Waals surface area contributed by atoms with Gasteiger partial charge in [0, 0.05) is 19.5 Å². The molecule has 5 nitrogen and oxygen atoms in total. The van der Waals surface area contributed by atoms with Gasteiger partial charge in [0.05, 0.1) is 12.1 Å². The Balaban J connectivity index is 1.78. The quantitative estimate of drug-likeness (QED) is 0.687. The predicted molar refractivity (Wildman–Crippen MR) is 93.8 cm³/mol. The number of esters is 1. The molecule has 0 aromatic heterocycles. The van der Waals surface area contributed by atoms with Gasteiger partial charge in [-0.1, -0.05) is 26.0 Å². The number of carbonyl (C=O) groups is 2. The van der Waals surface area contributed by atoms with Crippen molar-refractivity contribution in [1.82, 2.24) is 9.80 Å². The normalized spacial score (nSPS) is 15.0. The first-order valence-corrected chi connectivity index (χ1v) is 8.90. The van der Waals surface area contributed by atoms with Gasteiger partial charge in [0.15, 0.2) is 0 Å². The van der Waals surface area contributed by atoms with Crippen LogP contribution in [0.2, 0.25) is 0 Å². The van der Waals surface area contributed by atoms with Gasteiger partial charge in [0.2, 0.25) is 5.91 Å². The second kappa shape index (κ2) is 9.42. The van der Waals surface area contributed by atoms with Gasteiger partial charge in [-0.2, -0.15) is 0 Å². The van der Waals surface area contributed by atoms with Gasteiger partial charge >= 0.3 is 5.97 Å². The number of carbonyl (C=O) groups excluding carboxylic acids is 2. The zero-order valence-electron chi connectivity index (χ0n) is 14.8. The molecule has 0 radical (unpaired) electrons. The SMILES string of the molecule is CCN(CC)Cc1ccc(C(=O)OCCN2CCCCC2=O)cc1. The van der Waals surface area contributed by atoms with Crippen molar-refractivity contribution in [2.75, 3.05) is 32.8 Å². The number of nitrogens with zero attached hydrogens (tertiary/aromatic N) is 2. The van der Waals surface area contributed by atoms with Crippen LogP contribution in [0, 0.1) is 0 Å². The molecule has 0 saturated carbocycles. The molecule has 24 heavy (non-hydrogen) atoms. The lowest BCUT2D eigenvalue weighted by Gasteiger charge is -2.26. The molecule has 5 heteroatoms. The molecule has 0 atom stereocenters. The summed E-state index contributed by atoms with van der Waals surface area (Å²) in [6.45, 7) is 8.71. The molecular formula is C19H28N2O3. The number of hydrogen-bond donors (Lipinski definition) is 0. The summed E-state index contributed by atoms with van der Waals surface area (Å²) in [5.74, 6) is -0.160. The number of benzene rings is 1. The summed E-state index contributed by atoms with van der Waals surface area (Å²) in [6, 6.07) is 7.58. The number of amides is 1. The second-order valence-electron chi connectivity index (χ2n) is 6.13. The molecule has 1 saturated heterocycles. The van der Waals surface area contributed by atoms with E-state index in [4.69, 9.17) is 4.74 Å². The Morgan fingerprint density at radius 1 is 1.17 bits per heavy atom. The lowest BCUT2D eigenvalue weighted by Crippen LogP contribution is -2.37. The van der Waals surface area contributed by atoms with Crippen LogP contribution in [0.4, 0.5) is 0 Å². The molecule has 0 N–H and O–H groups in total. The van der Waals surface area contributed by atoms with E-state index in [0.29, 0.717) is 18.5 Å². The minimum atomic E-state index is -0.325. The molecule has 1 aromatic carbocycles. The molecular weight excluding hydrogens is 304 g/mol. The summed E-state index contributed by atoms with van der Waals surface area (Å²) in [4.78, 5) is 27.9. The molecule has 0 spiro atoms. The first-order chi connectivity index (χ1) is 11.6. The Kier molecular flexibility index (Phi) is 7.25. The number of likely N-dealkylation sites (tertiary alicyclic amines) is 1. The topological polar surface area (TPSA) is 49.9 Å². The Hall–Kier alpha value is -1.88. The van der Waals surface area contributed by atoms with Crippen LogP contribution in [-0.2, 0) is 16.1 Å². The van der Waals surface area contributed by atoms with Crippen molar-refractivity contribution < 1.29 is 14.3 Å². The lowest BCUT2D eigenvalue weighted by atomic mass is 10.1. The summed E-state index contributed by atoms with van der Waals surface area (Å²) in [5, 5.41) is 0. The molecule has 0 aliphatic carbocycles. The van der Waals surface area contributed by atoms with E-state index >= 15 is 0 Å². The van der Waals surface area contributed by atoms with Gasteiger partial charge in [-0.15, -0.1) is 0 Å². The fourth-order valence-electron chi connectivity index (χ4n) is 2.88. The monoisotopic (exact) mass is 332 g/mol. The maximum Gasteiger partial charge on any atom is 0.338 e. The Morgan fingerprint density at radius 2 is 1.88 bits per heavy atom. The summed E-state index contributed by atoms with van der Waals surface area (Å²) < 4.78 is 5.30. The highest BCUT2D eigenvalue weighted by atomic mass is 16.5. The van der Waals surface area contributed by atoms with Crippen LogP contribution in [0.5, 0.6) is 0 Å². The number of ether oxygens (including phenoxy) is 1. The van der Waals surface area contributed by atoms with Gasteiger partial charge in [-0.05, 0) is 43.6 Å². The number of piperidine rings is 1. The molecule has 1 amide bonds. The second-order valence-corrected chi connectivity index (χ2v) is 6.13. The predicted octanol–water partition coefficient (Wildman–Crippen LogP) is 2.70. The maximum absolute atomic E-state index is 12.1. The van der Waals surface area contributed by atoms with E-state index in [1.165, 1.54) is 5.56 Å². The van der Waals surface area contributed by atoms with Gasteiger partial charge in [-0.3, -0.25) is 9.69 Å². The molecule has 1 fully saturated rings. The fraction of sp³-hybridized carbons (Fsp3) is 0.579. The Morgan fingerprint density at radius 3 is 2.50 bits per heavy atom. The zero-order valence-corrected chi connectivity index (χ0v) is 14.8. The number of hydrogen-bond acceptors (Lipinski definition) is 4. The van der Waals surface area contributed by atoms with Gasteiger partial charge in [-0.25, -0.2) is 4.79 Å². The molecule has 1 aliphatic heterocycles. The lowest BCUT2D eigenvalue weighted by molar-refractivity contribution is -0.133. The Bertz CT molecular complexity index is 538. The van der Waals surface area contributed by atoms with Crippen molar-refractivity contribution in [1.29, 1.82) is 0 Å². The number of rotatable bonds is 8. The van der Waals surface area contributed by atoms with E-state index < -0.39 is 0 Å². The standard InChI is InChI=1S/C19H28N2O3/c1-3-20(4-2)15-16-8-10-17(11-9-16)19(23)24-14-13-21-12-6-5-7-18(21)22/h8-11H,3-7,12-15H2,1-2H3. The van der Waals surface area contributed by atoms with E-state index in [-0.39, 0.29) is 18.5 Å². The average Bonchev–Trinajstić information content (AvgIpc) is 2.61. The molecule has 132 valence electrons. The van der Waals surface area contributed by atoms with Crippen molar-refractivity contribution in [3.8, 4) is 0 Å². The first-order valence-electron chi connectivity index (χ1n) is 8.90. The van der Waals surface area contributed by atoms with E-state index in [1.54, 1.807) is 4.90 Å². The van der Waals surface area contributed by atoms with Crippen LogP contribution >= 0.6 is 0 Å². The highest BCUT2D eigenvalue weighted by molar-refractivity contribution is 5.89. The summed E-state index contributed by atoms with van der Waals surface area (Å²) in [6.07, 6.45) is 2.62. The van der Waals surface area contributed by atoms with Crippen molar-refractivity contribution in [2.45, 2.75) is 39.7 Å². The molecule has 0 unspecified atom stereocenters. The zero-order chi connectivity index (χ0) is 17.4. The Labute approximate surface area is 144 Å². The molecule has 2 rings (SSSR count). The minimum absolute atomic E-state index is 0.165. The van der Waals surface area contributed by atoms with Crippen molar-refractivity contribution in [2.24, 2.45) is 0 Å². The maximum atomic E-state index is 12.1. The van der Waals surface area contributed by atoms with Crippen LogP contribution in [0.25, 0.3) is 0 Å². The van der Waals surface area contributed by atoms with Crippen LogP contribution < -0.4 is 0 Å². The van der Waals surface area contributed by atoms with Crippen molar-refractivity contribution >= 4 is 11.9 Å². The van der Waals surface area contributed by atoms with Gasteiger partial charge in [0.1, 0.15) is 6.61 Å². The van der Waals surface area contributed by atoms with E-state index in [2.05, 4.69) is 18.7 Å². The molecule has 1 heterocycles. The van der Waals surface area contributed by atoms with Crippen molar-refractivity contribution in [3.63, 3.8) is 0 Å². The van der Waals surface area contributed by atoms with E-state index in [1.807, 2.05) is 24.3 Å². The van der Waals surface area contributed by atoms with E-state index in [9.17, 15) is 9.59 Å². The third-order valence-electron chi connectivity index (χ3n) is 4.51. The third-order valence-corrected chi connectivity index (χ3v) is 4.51. The van der Waals surface area contributed by atoms with Crippen LogP contribution in [-0.4, -0.2) is 54.5 Å².